The molecule has 2 aromatic rings. The molecule has 0 spiro atoms. The molecule has 1 N–H and O–H groups in total. The first kappa shape index (κ1) is 21.0. The Morgan fingerprint density at radius 3 is 2.45 bits per heavy atom. The van der Waals surface area contributed by atoms with Gasteiger partial charge in [-0.1, -0.05) is 6.07 Å². The molecule has 0 bridgehead atoms. The molecule has 1 aliphatic rings. The van der Waals surface area contributed by atoms with Gasteiger partial charge in [0, 0.05) is 18.8 Å². The van der Waals surface area contributed by atoms with Gasteiger partial charge < -0.3 is 14.4 Å². The summed E-state index contributed by atoms with van der Waals surface area (Å²) in [6.45, 7) is 7.04. The summed E-state index contributed by atoms with van der Waals surface area (Å²) in [6, 6.07) is 8.64. The van der Waals surface area contributed by atoms with Crippen molar-refractivity contribution in [2.45, 2.75) is 38.6 Å². The van der Waals surface area contributed by atoms with Crippen molar-refractivity contribution in [3.63, 3.8) is 0 Å². The molecule has 1 amide bonds. The van der Waals surface area contributed by atoms with E-state index >= 15 is 0 Å². The summed E-state index contributed by atoms with van der Waals surface area (Å²) in [5.41, 5.74) is 4.00. The van der Waals surface area contributed by atoms with Crippen LogP contribution in [0.25, 0.3) is 0 Å². The van der Waals surface area contributed by atoms with Crippen LogP contribution in [0, 0.1) is 13.8 Å². The quantitative estimate of drug-likeness (QED) is 0.802. The summed E-state index contributed by atoms with van der Waals surface area (Å²) >= 11 is 0. The van der Waals surface area contributed by atoms with Crippen molar-refractivity contribution >= 4 is 21.8 Å². The largest absolute Gasteiger partial charge is 0.493 e. The molecule has 3 rings (SSSR count). The van der Waals surface area contributed by atoms with Gasteiger partial charge in [-0.3, -0.25) is 4.72 Å². The number of hydrogen-bond donors (Lipinski definition) is 1. The molecule has 0 radical (unpaired) electrons. The van der Waals surface area contributed by atoms with Crippen molar-refractivity contribution in [3.8, 4) is 5.75 Å². The summed E-state index contributed by atoms with van der Waals surface area (Å²) in [4.78, 5) is 13.6. The predicted molar refractivity (Wildman–Crippen MR) is 111 cm³/mol. The minimum Gasteiger partial charge on any atom is -0.493 e. The SMILES string of the molecule is CCOc1c(C)cc(S(=O)(=O)Nc2ccc3c(c2)CN(C(=O)OC)CC3)cc1C. The van der Waals surface area contributed by atoms with Crippen LogP contribution in [0.4, 0.5) is 10.5 Å². The van der Waals surface area contributed by atoms with E-state index in [0.717, 1.165) is 22.3 Å². The van der Waals surface area contributed by atoms with E-state index in [-0.39, 0.29) is 11.0 Å². The van der Waals surface area contributed by atoms with Crippen LogP contribution in [0.5, 0.6) is 5.75 Å². The number of anilines is 1. The molecule has 0 unspecified atom stereocenters. The molecule has 1 aliphatic heterocycles. The lowest BCUT2D eigenvalue weighted by molar-refractivity contribution is 0.118. The second-order valence-electron chi connectivity index (χ2n) is 7.05. The highest BCUT2D eigenvalue weighted by Gasteiger charge is 2.23. The number of amides is 1. The van der Waals surface area contributed by atoms with Crippen LogP contribution >= 0.6 is 0 Å². The number of hydrogen-bond acceptors (Lipinski definition) is 5. The second kappa shape index (κ2) is 8.32. The number of rotatable bonds is 5. The van der Waals surface area contributed by atoms with E-state index in [2.05, 4.69) is 4.72 Å². The summed E-state index contributed by atoms with van der Waals surface area (Å²) in [6.07, 6.45) is 0.316. The van der Waals surface area contributed by atoms with Gasteiger partial charge in [0.1, 0.15) is 5.75 Å². The Labute approximate surface area is 171 Å². The highest BCUT2D eigenvalue weighted by Crippen LogP contribution is 2.29. The third-order valence-electron chi connectivity index (χ3n) is 4.94. The highest BCUT2D eigenvalue weighted by atomic mass is 32.2. The van der Waals surface area contributed by atoms with Crippen LogP contribution < -0.4 is 9.46 Å². The molecular formula is C21H26N2O5S. The molecule has 2 aromatic carbocycles. The Bertz CT molecular complexity index is 1010. The van der Waals surface area contributed by atoms with E-state index in [1.807, 2.05) is 26.8 Å². The number of methoxy groups -OCH3 is 1. The zero-order valence-electron chi connectivity index (χ0n) is 17.1. The number of nitrogens with one attached hydrogen (secondary N) is 1. The Morgan fingerprint density at radius 2 is 1.83 bits per heavy atom. The van der Waals surface area contributed by atoms with E-state index in [1.165, 1.54) is 7.11 Å². The summed E-state index contributed by atoms with van der Waals surface area (Å²) in [5.74, 6) is 0.711. The number of sulfonamides is 1. The van der Waals surface area contributed by atoms with E-state index in [9.17, 15) is 13.2 Å². The molecule has 0 saturated carbocycles. The van der Waals surface area contributed by atoms with E-state index in [0.29, 0.717) is 37.6 Å². The van der Waals surface area contributed by atoms with Crippen LogP contribution in [0.2, 0.25) is 0 Å². The van der Waals surface area contributed by atoms with Crippen molar-refractivity contribution in [1.29, 1.82) is 0 Å². The number of benzene rings is 2. The molecule has 0 saturated heterocycles. The van der Waals surface area contributed by atoms with Crippen molar-refractivity contribution in [2.75, 3.05) is 25.0 Å². The van der Waals surface area contributed by atoms with Gasteiger partial charge in [0.2, 0.25) is 0 Å². The molecule has 0 aliphatic carbocycles. The Morgan fingerprint density at radius 1 is 1.14 bits per heavy atom. The summed E-state index contributed by atoms with van der Waals surface area (Å²) < 4.78 is 38.9. The number of carbonyl (C=O) groups excluding carboxylic acids is 1. The lowest BCUT2D eigenvalue weighted by Crippen LogP contribution is -2.35. The average Bonchev–Trinajstić information content (AvgIpc) is 2.69. The van der Waals surface area contributed by atoms with E-state index in [4.69, 9.17) is 9.47 Å². The molecule has 0 atom stereocenters. The van der Waals surface area contributed by atoms with Gasteiger partial charge in [0.05, 0.1) is 18.6 Å². The van der Waals surface area contributed by atoms with E-state index in [1.54, 1.807) is 29.2 Å². The zero-order valence-corrected chi connectivity index (χ0v) is 17.9. The second-order valence-corrected chi connectivity index (χ2v) is 8.73. The minimum absolute atomic E-state index is 0.185. The lowest BCUT2D eigenvalue weighted by atomic mass is 9.99. The van der Waals surface area contributed by atoms with Crippen LogP contribution in [0.3, 0.4) is 0 Å². The van der Waals surface area contributed by atoms with Crippen molar-refractivity contribution in [1.82, 2.24) is 4.90 Å². The number of ether oxygens (including phenoxy) is 2. The fourth-order valence-corrected chi connectivity index (χ4v) is 4.78. The average molecular weight is 419 g/mol. The topological polar surface area (TPSA) is 84.9 Å². The first-order valence-corrected chi connectivity index (χ1v) is 10.9. The standard InChI is InChI=1S/C21H26N2O5S/c1-5-28-20-14(2)10-19(11-15(20)3)29(25,26)22-18-7-6-16-8-9-23(21(24)27-4)13-17(16)12-18/h6-7,10-12,22H,5,8-9,13H2,1-4H3. The van der Waals surface area contributed by atoms with Crippen molar-refractivity contribution < 1.29 is 22.7 Å². The van der Waals surface area contributed by atoms with E-state index < -0.39 is 10.0 Å². The Kier molecular flexibility index (Phi) is 6.02. The fourth-order valence-electron chi connectivity index (χ4n) is 3.56. The molecule has 29 heavy (non-hydrogen) atoms. The molecular weight excluding hydrogens is 392 g/mol. The van der Waals surface area contributed by atoms with Crippen LogP contribution in [0.1, 0.15) is 29.2 Å². The van der Waals surface area contributed by atoms with Crippen LogP contribution in [0.15, 0.2) is 35.2 Å². The maximum Gasteiger partial charge on any atom is 0.409 e. The monoisotopic (exact) mass is 418 g/mol. The highest BCUT2D eigenvalue weighted by molar-refractivity contribution is 7.92. The molecule has 1 heterocycles. The van der Waals surface area contributed by atoms with Gasteiger partial charge in [-0.05, 0) is 73.7 Å². The van der Waals surface area contributed by atoms with Crippen molar-refractivity contribution in [3.05, 3.63) is 52.6 Å². The zero-order chi connectivity index (χ0) is 21.2. The fraction of sp³-hybridized carbons (Fsp3) is 0.381. The molecule has 0 fully saturated rings. The number of aryl methyl sites for hydroxylation is 2. The molecule has 8 heteroatoms. The smallest absolute Gasteiger partial charge is 0.409 e. The van der Waals surface area contributed by atoms with Crippen LogP contribution in [-0.4, -0.2) is 39.7 Å². The van der Waals surface area contributed by atoms with Crippen LogP contribution in [-0.2, 0) is 27.7 Å². The van der Waals surface area contributed by atoms with Gasteiger partial charge in [-0.25, -0.2) is 13.2 Å². The van der Waals surface area contributed by atoms with Crippen molar-refractivity contribution in [2.24, 2.45) is 0 Å². The normalized spacial score (nSPS) is 13.6. The summed E-state index contributed by atoms with van der Waals surface area (Å²) in [5, 5.41) is 0. The number of carbonyl (C=O) groups is 1. The molecule has 0 aromatic heterocycles. The first-order chi connectivity index (χ1) is 13.7. The van der Waals surface area contributed by atoms with Gasteiger partial charge in [-0.15, -0.1) is 0 Å². The third kappa shape index (κ3) is 4.48. The van der Waals surface area contributed by atoms with Gasteiger partial charge in [-0.2, -0.15) is 0 Å². The van der Waals surface area contributed by atoms with Gasteiger partial charge in [0.15, 0.2) is 0 Å². The maximum absolute atomic E-state index is 12.9. The molecule has 7 nitrogen and oxygen atoms in total. The molecule has 156 valence electrons. The summed E-state index contributed by atoms with van der Waals surface area (Å²) in [7, 11) is -2.41. The third-order valence-corrected chi connectivity index (χ3v) is 6.30. The van der Waals surface area contributed by atoms with Gasteiger partial charge >= 0.3 is 6.09 Å². The lowest BCUT2D eigenvalue weighted by Gasteiger charge is -2.28. The number of nitrogens with zero attached hydrogens (tertiary/aromatic N) is 1. The number of fused-ring (bicyclic) bond motifs is 1. The first-order valence-electron chi connectivity index (χ1n) is 9.46. The maximum atomic E-state index is 12.9. The minimum atomic E-state index is -3.76. The predicted octanol–water partition coefficient (Wildman–Crippen LogP) is 3.63. The van der Waals surface area contributed by atoms with Gasteiger partial charge in [0.25, 0.3) is 10.0 Å². The Hall–Kier alpha value is -2.74. The Balaban J connectivity index is 1.86.